The molecule has 0 saturated carbocycles. The van der Waals surface area contributed by atoms with Crippen molar-refractivity contribution >= 4 is 11.6 Å². The summed E-state index contributed by atoms with van der Waals surface area (Å²) in [6.07, 6.45) is 1.79. The summed E-state index contributed by atoms with van der Waals surface area (Å²) >= 11 is 0. The van der Waals surface area contributed by atoms with Gasteiger partial charge in [0.15, 0.2) is 5.76 Å². The Labute approximate surface area is 177 Å². The van der Waals surface area contributed by atoms with Gasteiger partial charge in [0.2, 0.25) is 11.8 Å². The summed E-state index contributed by atoms with van der Waals surface area (Å²) in [4.78, 5) is 21.5. The van der Waals surface area contributed by atoms with Crippen LogP contribution in [0.2, 0.25) is 0 Å². The summed E-state index contributed by atoms with van der Waals surface area (Å²) in [7, 11) is 0. The predicted molar refractivity (Wildman–Crippen MR) is 118 cm³/mol. The van der Waals surface area contributed by atoms with Gasteiger partial charge in [-0.05, 0) is 25.0 Å². The van der Waals surface area contributed by atoms with Crippen molar-refractivity contribution in [1.29, 1.82) is 0 Å². The molecule has 0 aliphatic carbocycles. The number of aryl methyl sites for hydroxylation is 2. The van der Waals surface area contributed by atoms with E-state index in [4.69, 9.17) is 4.42 Å². The largest absolute Gasteiger partial charge is 0.439 e. The monoisotopic (exact) mass is 404 g/mol. The SMILES string of the molecule is Cc1cccc(C)c1NC(=O)CN1CCN(Cc2ncc(-c3ccccc3)o2)CC1. The van der Waals surface area contributed by atoms with Crippen molar-refractivity contribution < 1.29 is 9.21 Å². The molecule has 0 radical (unpaired) electrons. The van der Waals surface area contributed by atoms with Crippen LogP contribution in [0.4, 0.5) is 5.69 Å². The third-order valence-electron chi connectivity index (χ3n) is 5.55. The van der Waals surface area contributed by atoms with Crippen LogP contribution in [0.15, 0.2) is 59.1 Å². The molecule has 0 unspecified atom stereocenters. The molecule has 0 atom stereocenters. The van der Waals surface area contributed by atoms with Gasteiger partial charge >= 0.3 is 0 Å². The summed E-state index contributed by atoms with van der Waals surface area (Å²) in [5.74, 6) is 1.57. The van der Waals surface area contributed by atoms with E-state index in [2.05, 4.69) is 20.1 Å². The van der Waals surface area contributed by atoms with E-state index in [1.54, 1.807) is 6.20 Å². The van der Waals surface area contributed by atoms with Crippen LogP contribution >= 0.6 is 0 Å². The van der Waals surface area contributed by atoms with Gasteiger partial charge in [0.05, 0.1) is 19.3 Å². The number of aromatic nitrogens is 1. The van der Waals surface area contributed by atoms with Crippen molar-refractivity contribution in [2.75, 3.05) is 38.0 Å². The zero-order valence-corrected chi connectivity index (χ0v) is 17.6. The lowest BCUT2D eigenvalue weighted by molar-refractivity contribution is -0.117. The van der Waals surface area contributed by atoms with E-state index in [0.29, 0.717) is 13.1 Å². The van der Waals surface area contributed by atoms with Crippen molar-refractivity contribution in [3.8, 4) is 11.3 Å². The molecule has 2 heterocycles. The smallest absolute Gasteiger partial charge is 0.238 e. The third kappa shape index (κ3) is 4.96. The van der Waals surface area contributed by atoms with Crippen molar-refractivity contribution in [3.63, 3.8) is 0 Å². The number of hydrogen-bond donors (Lipinski definition) is 1. The number of benzene rings is 2. The fraction of sp³-hybridized carbons (Fsp3) is 0.333. The maximum Gasteiger partial charge on any atom is 0.238 e. The second kappa shape index (κ2) is 9.24. The number of piperazine rings is 1. The van der Waals surface area contributed by atoms with Gasteiger partial charge < -0.3 is 9.73 Å². The minimum Gasteiger partial charge on any atom is -0.439 e. The number of oxazole rings is 1. The molecule has 1 aliphatic rings. The minimum atomic E-state index is 0.0426. The van der Waals surface area contributed by atoms with Crippen molar-refractivity contribution in [3.05, 3.63) is 71.7 Å². The topological polar surface area (TPSA) is 61.6 Å². The van der Waals surface area contributed by atoms with E-state index in [9.17, 15) is 4.79 Å². The molecule has 6 nitrogen and oxygen atoms in total. The average Bonchev–Trinajstić information content (AvgIpc) is 3.21. The Hall–Kier alpha value is -2.96. The molecule has 30 heavy (non-hydrogen) atoms. The van der Waals surface area contributed by atoms with E-state index < -0.39 is 0 Å². The fourth-order valence-electron chi connectivity index (χ4n) is 3.81. The van der Waals surface area contributed by atoms with E-state index in [1.807, 2.05) is 62.4 Å². The Morgan fingerprint density at radius 3 is 2.33 bits per heavy atom. The number of hydrogen-bond acceptors (Lipinski definition) is 5. The minimum absolute atomic E-state index is 0.0426. The Bertz CT molecular complexity index is 971. The molecule has 0 bridgehead atoms. The van der Waals surface area contributed by atoms with Crippen LogP contribution in [-0.4, -0.2) is 53.4 Å². The molecule has 1 amide bonds. The van der Waals surface area contributed by atoms with E-state index in [1.165, 1.54) is 0 Å². The third-order valence-corrected chi connectivity index (χ3v) is 5.55. The summed E-state index contributed by atoms with van der Waals surface area (Å²) in [5.41, 5.74) is 4.15. The number of anilines is 1. The van der Waals surface area contributed by atoms with Gasteiger partial charge in [-0.25, -0.2) is 4.98 Å². The molecule has 1 aromatic heterocycles. The van der Waals surface area contributed by atoms with Gasteiger partial charge in [-0.1, -0.05) is 48.5 Å². The molecule has 2 aromatic carbocycles. The number of rotatable bonds is 6. The molecule has 156 valence electrons. The first-order valence-electron chi connectivity index (χ1n) is 10.4. The summed E-state index contributed by atoms with van der Waals surface area (Å²) in [5, 5.41) is 3.08. The Kier molecular flexibility index (Phi) is 6.26. The zero-order chi connectivity index (χ0) is 20.9. The van der Waals surface area contributed by atoms with E-state index in [-0.39, 0.29) is 5.91 Å². The molecule has 1 N–H and O–H groups in total. The van der Waals surface area contributed by atoms with Gasteiger partial charge in [0.1, 0.15) is 0 Å². The first-order valence-corrected chi connectivity index (χ1v) is 10.4. The summed E-state index contributed by atoms with van der Waals surface area (Å²) in [6.45, 7) is 8.63. The van der Waals surface area contributed by atoms with Crippen LogP contribution in [0.25, 0.3) is 11.3 Å². The maximum absolute atomic E-state index is 12.5. The second-order valence-corrected chi connectivity index (χ2v) is 7.85. The normalized spacial score (nSPS) is 15.3. The molecule has 1 saturated heterocycles. The predicted octanol–water partition coefficient (Wildman–Crippen LogP) is 3.71. The Morgan fingerprint density at radius 2 is 1.63 bits per heavy atom. The molecule has 1 fully saturated rings. The highest BCUT2D eigenvalue weighted by atomic mass is 16.4. The van der Waals surface area contributed by atoms with E-state index >= 15 is 0 Å². The first-order chi connectivity index (χ1) is 14.6. The van der Waals surface area contributed by atoms with Gasteiger partial charge in [0.25, 0.3) is 0 Å². The van der Waals surface area contributed by atoms with Crippen LogP contribution in [0, 0.1) is 13.8 Å². The molecule has 6 heteroatoms. The number of amides is 1. The lowest BCUT2D eigenvalue weighted by atomic mass is 10.1. The molecule has 0 spiro atoms. The van der Waals surface area contributed by atoms with Crippen LogP contribution in [-0.2, 0) is 11.3 Å². The number of carbonyl (C=O) groups is 1. The Morgan fingerprint density at radius 1 is 0.967 bits per heavy atom. The molecule has 1 aliphatic heterocycles. The van der Waals surface area contributed by atoms with Gasteiger partial charge in [-0.2, -0.15) is 0 Å². The number of carbonyl (C=O) groups excluding carboxylic acids is 1. The van der Waals surface area contributed by atoms with Crippen LogP contribution in [0.5, 0.6) is 0 Å². The van der Waals surface area contributed by atoms with Crippen molar-refractivity contribution in [1.82, 2.24) is 14.8 Å². The summed E-state index contributed by atoms with van der Waals surface area (Å²) in [6, 6.07) is 16.1. The highest BCUT2D eigenvalue weighted by Gasteiger charge is 2.21. The number of nitrogens with one attached hydrogen (secondary N) is 1. The fourth-order valence-corrected chi connectivity index (χ4v) is 3.81. The molecule has 3 aromatic rings. The van der Waals surface area contributed by atoms with Crippen LogP contribution < -0.4 is 5.32 Å². The quantitative estimate of drug-likeness (QED) is 0.679. The first kappa shape index (κ1) is 20.3. The standard InChI is InChI=1S/C24H28N4O2/c1-18-7-6-8-19(2)24(18)26-22(29)16-27-11-13-28(14-12-27)17-23-25-15-21(30-23)20-9-4-3-5-10-20/h3-10,15H,11-14,16-17H2,1-2H3,(H,26,29). The van der Waals surface area contributed by atoms with Crippen molar-refractivity contribution in [2.45, 2.75) is 20.4 Å². The molecule has 4 rings (SSSR count). The second-order valence-electron chi connectivity index (χ2n) is 7.85. The molecular weight excluding hydrogens is 376 g/mol. The van der Waals surface area contributed by atoms with Crippen molar-refractivity contribution in [2.24, 2.45) is 0 Å². The number of para-hydroxylation sites is 1. The summed E-state index contributed by atoms with van der Waals surface area (Å²) < 4.78 is 5.92. The molecular formula is C24H28N4O2. The average molecular weight is 405 g/mol. The van der Waals surface area contributed by atoms with Gasteiger partial charge in [0, 0.05) is 37.4 Å². The lowest BCUT2D eigenvalue weighted by Gasteiger charge is -2.33. The lowest BCUT2D eigenvalue weighted by Crippen LogP contribution is -2.48. The highest BCUT2D eigenvalue weighted by Crippen LogP contribution is 2.21. The highest BCUT2D eigenvalue weighted by molar-refractivity contribution is 5.93. The van der Waals surface area contributed by atoms with Gasteiger partial charge in [-0.15, -0.1) is 0 Å². The van der Waals surface area contributed by atoms with Gasteiger partial charge in [-0.3, -0.25) is 14.6 Å². The number of nitrogens with zero attached hydrogens (tertiary/aromatic N) is 3. The van der Waals surface area contributed by atoms with Crippen LogP contribution in [0.1, 0.15) is 17.0 Å². The van der Waals surface area contributed by atoms with E-state index in [0.717, 1.165) is 60.2 Å². The zero-order valence-electron chi connectivity index (χ0n) is 17.6. The van der Waals surface area contributed by atoms with Crippen LogP contribution in [0.3, 0.4) is 0 Å². The maximum atomic E-state index is 12.5. The Balaban J connectivity index is 1.25.